The van der Waals surface area contributed by atoms with Crippen LogP contribution in [0.15, 0.2) is 30.5 Å². The SMILES string of the molecule is Cc1cc(Cl)cc(CN2CC3CN(C(=O)n4ccc(C(=O)O)n4)CC3C2)c1. The molecule has 2 unspecified atom stereocenters. The number of carbonyl (C=O) groups is 2. The number of aromatic nitrogens is 2. The molecule has 1 aromatic carbocycles. The minimum atomic E-state index is -1.13. The van der Waals surface area contributed by atoms with E-state index in [4.69, 9.17) is 16.7 Å². The Kier molecular flexibility index (Phi) is 4.65. The van der Waals surface area contributed by atoms with Gasteiger partial charge in [-0.2, -0.15) is 9.78 Å². The number of carbonyl (C=O) groups excluding carboxylic acids is 1. The molecule has 2 aliphatic rings. The fourth-order valence-electron chi connectivity index (χ4n) is 4.23. The molecule has 2 fully saturated rings. The van der Waals surface area contributed by atoms with Gasteiger partial charge in [0.1, 0.15) is 0 Å². The smallest absolute Gasteiger partial charge is 0.356 e. The van der Waals surface area contributed by atoms with E-state index in [1.54, 1.807) is 4.90 Å². The summed E-state index contributed by atoms with van der Waals surface area (Å²) in [5, 5.41) is 13.5. The number of fused-ring (bicyclic) bond motifs is 1. The van der Waals surface area contributed by atoms with Gasteiger partial charge < -0.3 is 10.0 Å². The number of benzene rings is 1. The van der Waals surface area contributed by atoms with Crippen LogP contribution < -0.4 is 0 Å². The van der Waals surface area contributed by atoms with Crippen LogP contribution in [0.1, 0.15) is 21.6 Å². The highest BCUT2D eigenvalue weighted by Crippen LogP contribution is 2.32. The quantitative estimate of drug-likeness (QED) is 0.874. The van der Waals surface area contributed by atoms with Crippen LogP contribution in [0.25, 0.3) is 0 Å². The molecule has 0 spiro atoms. The molecule has 8 heteroatoms. The average Bonchev–Trinajstić information content (AvgIpc) is 3.27. The Morgan fingerprint density at radius 2 is 1.89 bits per heavy atom. The van der Waals surface area contributed by atoms with Gasteiger partial charge in [-0.15, -0.1) is 0 Å². The Hall–Kier alpha value is -2.38. The molecule has 2 aromatic rings. The molecule has 2 atom stereocenters. The van der Waals surface area contributed by atoms with Crippen molar-refractivity contribution < 1.29 is 14.7 Å². The monoisotopic (exact) mass is 388 g/mol. The van der Waals surface area contributed by atoms with Gasteiger partial charge in [-0.1, -0.05) is 17.7 Å². The van der Waals surface area contributed by atoms with Crippen molar-refractivity contribution in [1.82, 2.24) is 19.6 Å². The molecule has 4 rings (SSSR count). The van der Waals surface area contributed by atoms with Gasteiger partial charge in [0.05, 0.1) is 0 Å². The van der Waals surface area contributed by atoms with E-state index in [0.29, 0.717) is 24.9 Å². The predicted molar refractivity (Wildman–Crippen MR) is 100.0 cm³/mol. The number of carboxylic acid groups (broad SMARTS) is 1. The summed E-state index contributed by atoms with van der Waals surface area (Å²) < 4.78 is 1.12. The predicted octanol–water partition coefficient (Wildman–Crippen LogP) is 2.58. The Morgan fingerprint density at radius 3 is 2.48 bits per heavy atom. The number of nitrogens with zero attached hydrogens (tertiary/aromatic N) is 4. The van der Waals surface area contributed by atoms with Crippen LogP contribution in [0, 0.1) is 18.8 Å². The van der Waals surface area contributed by atoms with E-state index in [0.717, 1.165) is 34.9 Å². The summed E-state index contributed by atoms with van der Waals surface area (Å²) in [6.07, 6.45) is 1.41. The second-order valence-corrected chi connectivity index (χ2v) is 7.93. The maximum atomic E-state index is 12.6. The van der Waals surface area contributed by atoms with Gasteiger partial charge in [-0.05, 0) is 48.1 Å². The van der Waals surface area contributed by atoms with Gasteiger partial charge in [0.15, 0.2) is 5.69 Å². The van der Waals surface area contributed by atoms with Crippen molar-refractivity contribution in [1.29, 1.82) is 0 Å². The molecule has 2 aliphatic heterocycles. The third-order valence-corrected chi connectivity index (χ3v) is 5.56. The molecular formula is C19H21ClN4O3. The van der Waals surface area contributed by atoms with Crippen molar-refractivity contribution in [2.24, 2.45) is 11.8 Å². The zero-order valence-corrected chi connectivity index (χ0v) is 15.8. The highest BCUT2D eigenvalue weighted by atomic mass is 35.5. The van der Waals surface area contributed by atoms with Crippen LogP contribution in [0.2, 0.25) is 5.02 Å². The van der Waals surface area contributed by atoms with Gasteiger partial charge in [0.25, 0.3) is 0 Å². The van der Waals surface area contributed by atoms with Crippen molar-refractivity contribution in [2.75, 3.05) is 26.2 Å². The highest BCUT2D eigenvalue weighted by molar-refractivity contribution is 6.30. The van der Waals surface area contributed by atoms with Crippen LogP contribution in [0.5, 0.6) is 0 Å². The second-order valence-electron chi connectivity index (χ2n) is 7.49. The molecule has 142 valence electrons. The molecule has 3 heterocycles. The third kappa shape index (κ3) is 3.70. The minimum Gasteiger partial charge on any atom is -0.476 e. The highest BCUT2D eigenvalue weighted by Gasteiger charge is 2.42. The zero-order chi connectivity index (χ0) is 19.1. The van der Waals surface area contributed by atoms with E-state index in [1.807, 2.05) is 19.1 Å². The van der Waals surface area contributed by atoms with Gasteiger partial charge in [0, 0.05) is 43.9 Å². The normalized spacial score (nSPS) is 22.2. The van der Waals surface area contributed by atoms with Crippen LogP contribution in [-0.4, -0.2) is 62.9 Å². The lowest BCUT2D eigenvalue weighted by Crippen LogP contribution is -2.36. The van der Waals surface area contributed by atoms with E-state index >= 15 is 0 Å². The van der Waals surface area contributed by atoms with Crippen molar-refractivity contribution in [3.8, 4) is 0 Å². The number of aryl methyl sites for hydroxylation is 1. The molecule has 2 saturated heterocycles. The van der Waals surface area contributed by atoms with Gasteiger partial charge in [-0.3, -0.25) is 4.90 Å². The summed E-state index contributed by atoms with van der Waals surface area (Å²) in [4.78, 5) is 27.7. The first-order valence-electron chi connectivity index (χ1n) is 8.95. The number of rotatable bonds is 3. The Labute approximate surface area is 162 Å². The lowest BCUT2D eigenvalue weighted by molar-refractivity contribution is 0.0690. The largest absolute Gasteiger partial charge is 0.476 e. The molecule has 7 nitrogen and oxygen atoms in total. The fraction of sp³-hybridized carbons (Fsp3) is 0.421. The zero-order valence-electron chi connectivity index (χ0n) is 15.0. The van der Waals surface area contributed by atoms with E-state index in [-0.39, 0.29) is 11.7 Å². The van der Waals surface area contributed by atoms with Crippen molar-refractivity contribution in [3.05, 3.63) is 52.3 Å². The summed E-state index contributed by atoms with van der Waals surface area (Å²) in [6, 6.07) is 7.21. The molecule has 1 amide bonds. The van der Waals surface area contributed by atoms with E-state index in [2.05, 4.69) is 16.1 Å². The minimum absolute atomic E-state index is 0.120. The van der Waals surface area contributed by atoms with E-state index < -0.39 is 5.97 Å². The van der Waals surface area contributed by atoms with Crippen LogP contribution in [0.4, 0.5) is 4.79 Å². The van der Waals surface area contributed by atoms with E-state index in [1.165, 1.54) is 17.8 Å². The topological polar surface area (TPSA) is 78.7 Å². The standard InChI is InChI=1S/C19H21ClN4O3/c1-12-4-13(6-16(20)5-12)7-22-8-14-10-23(11-15(14)9-22)19(27)24-3-2-17(21-24)18(25)26/h2-6,14-15H,7-11H2,1H3,(H,25,26). The maximum absolute atomic E-state index is 12.6. The van der Waals surface area contributed by atoms with Crippen LogP contribution >= 0.6 is 11.6 Å². The number of amides is 1. The molecule has 0 radical (unpaired) electrons. The average molecular weight is 389 g/mol. The number of likely N-dealkylation sites (tertiary alicyclic amines) is 2. The number of hydrogen-bond acceptors (Lipinski definition) is 4. The van der Waals surface area contributed by atoms with Crippen LogP contribution in [0.3, 0.4) is 0 Å². The fourth-order valence-corrected chi connectivity index (χ4v) is 4.54. The first kappa shape index (κ1) is 18.0. The number of carboxylic acids is 1. The molecule has 1 aromatic heterocycles. The summed E-state index contributed by atoms with van der Waals surface area (Å²) >= 11 is 6.16. The molecular weight excluding hydrogens is 368 g/mol. The molecule has 27 heavy (non-hydrogen) atoms. The van der Waals surface area contributed by atoms with Crippen molar-refractivity contribution in [3.63, 3.8) is 0 Å². The summed E-state index contributed by atoms with van der Waals surface area (Å²) in [5.41, 5.74) is 2.25. The van der Waals surface area contributed by atoms with Crippen molar-refractivity contribution >= 4 is 23.6 Å². The van der Waals surface area contributed by atoms with Crippen LogP contribution in [-0.2, 0) is 6.54 Å². The maximum Gasteiger partial charge on any atom is 0.356 e. The first-order valence-corrected chi connectivity index (χ1v) is 9.33. The summed E-state index contributed by atoms with van der Waals surface area (Å²) in [5.74, 6) is -0.265. The van der Waals surface area contributed by atoms with Gasteiger partial charge in [-0.25, -0.2) is 9.59 Å². The Morgan fingerprint density at radius 1 is 1.19 bits per heavy atom. The molecule has 1 N–H and O–H groups in total. The Bertz CT molecular complexity index is 863. The van der Waals surface area contributed by atoms with Crippen molar-refractivity contribution in [2.45, 2.75) is 13.5 Å². The molecule has 0 saturated carbocycles. The molecule has 0 bridgehead atoms. The lowest BCUT2D eigenvalue weighted by Gasteiger charge is -2.21. The Balaban J connectivity index is 1.36. The summed E-state index contributed by atoms with van der Waals surface area (Å²) in [6.45, 7) is 6.15. The summed E-state index contributed by atoms with van der Waals surface area (Å²) in [7, 11) is 0. The number of aromatic carboxylic acids is 1. The first-order chi connectivity index (χ1) is 12.9. The number of halogens is 1. The molecule has 0 aliphatic carbocycles. The van der Waals surface area contributed by atoms with Gasteiger partial charge in [0.2, 0.25) is 0 Å². The lowest BCUT2D eigenvalue weighted by atomic mass is 10.0. The van der Waals surface area contributed by atoms with Gasteiger partial charge >= 0.3 is 12.0 Å². The number of hydrogen-bond donors (Lipinski definition) is 1. The van der Waals surface area contributed by atoms with E-state index in [9.17, 15) is 9.59 Å². The third-order valence-electron chi connectivity index (χ3n) is 5.34. The second kappa shape index (κ2) is 6.98.